The van der Waals surface area contributed by atoms with Gasteiger partial charge in [0.05, 0.1) is 12.2 Å². The van der Waals surface area contributed by atoms with E-state index < -0.39 is 11.5 Å². The van der Waals surface area contributed by atoms with E-state index in [9.17, 15) is 9.90 Å². The standard InChI is InChI=1S/C14H23N3O2/c1-4-7-15-14(13(18)19,12-5-6-12)9-17-11(3)8-10(2)16-17/h8,12,15H,4-7,9H2,1-3H3,(H,18,19). The maximum atomic E-state index is 11.8. The highest BCUT2D eigenvalue weighted by molar-refractivity contribution is 5.79. The Kier molecular flexibility index (Phi) is 3.94. The summed E-state index contributed by atoms with van der Waals surface area (Å²) in [5.41, 5.74) is 1.09. The lowest BCUT2D eigenvalue weighted by Gasteiger charge is -2.31. The summed E-state index contributed by atoms with van der Waals surface area (Å²) in [6.07, 6.45) is 2.91. The second-order valence-corrected chi connectivity index (χ2v) is 5.56. The molecule has 106 valence electrons. The molecule has 1 aromatic rings. The lowest BCUT2D eigenvalue weighted by molar-refractivity contribution is -0.147. The molecule has 1 unspecified atom stereocenters. The minimum atomic E-state index is -0.862. The molecule has 5 nitrogen and oxygen atoms in total. The summed E-state index contributed by atoms with van der Waals surface area (Å²) in [6, 6.07) is 1.99. The zero-order chi connectivity index (χ0) is 14.0. The van der Waals surface area contributed by atoms with Gasteiger partial charge in [-0.3, -0.25) is 9.48 Å². The number of hydrogen-bond donors (Lipinski definition) is 2. The van der Waals surface area contributed by atoms with Gasteiger partial charge in [-0.15, -0.1) is 0 Å². The zero-order valence-electron chi connectivity index (χ0n) is 11.9. The summed E-state index contributed by atoms with van der Waals surface area (Å²) in [6.45, 7) is 7.09. The third-order valence-electron chi connectivity index (χ3n) is 3.85. The summed E-state index contributed by atoms with van der Waals surface area (Å²) < 4.78 is 1.82. The predicted octanol–water partition coefficient (Wildman–Crippen LogP) is 1.73. The van der Waals surface area contributed by atoms with Crippen molar-refractivity contribution in [1.82, 2.24) is 15.1 Å². The summed E-state index contributed by atoms with van der Waals surface area (Å²) >= 11 is 0. The van der Waals surface area contributed by atoms with Gasteiger partial charge in [-0.25, -0.2) is 0 Å². The van der Waals surface area contributed by atoms with E-state index in [0.29, 0.717) is 6.54 Å². The fraction of sp³-hybridized carbons (Fsp3) is 0.714. The fourth-order valence-corrected chi connectivity index (χ4v) is 2.64. The van der Waals surface area contributed by atoms with E-state index in [1.807, 2.05) is 24.6 Å². The van der Waals surface area contributed by atoms with E-state index in [1.54, 1.807) is 0 Å². The normalized spacial score (nSPS) is 18.3. The van der Waals surface area contributed by atoms with Crippen molar-refractivity contribution in [3.05, 3.63) is 17.5 Å². The van der Waals surface area contributed by atoms with Crippen molar-refractivity contribution in [2.75, 3.05) is 6.54 Å². The molecule has 2 rings (SSSR count). The molecule has 1 aliphatic carbocycles. The Morgan fingerprint density at radius 1 is 1.58 bits per heavy atom. The molecule has 0 spiro atoms. The Balaban J connectivity index is 2.26. The summed E-state index contributed by atoms with van der Waals surface area (Å²) in [5, 5.41) is 17.4. The Morgan fingerprint density at radius 3 is 2.68 bits per heavy atom. The van der Waals surface area contributed by atoms with Gasteiger partial charge >= 0.3 is 5.97 Å². The van der Waals surface area contributed by atoms with Gasteiger partial charge in [-0.2, -0.15) is 5.10 Å². The van der Waals surface area contributed by atoms with Crippen LogP contribution in [0.1, 0.15) is 37.6 Å². The monoisotopic (exact) mass is 265 g/mol. The van der Waals surface area contributed by atoms with Gasteiger partial charge in [0.2, 0.25) is 0 Å². The van der Waals surface area contributed by atoms with E-state index >= 15 is 0 Å². The summed E-state index contributed by atoms with van der Waals surface area (Å²) in [5.74, 6) is -0.531. The highest BCUT2D eigenvalue weighted by Crippen LogP contribution is 2.41. The minimum absolute atomic E-state index is 0.223. The van der Waals surface area contributed by atoms with Crippen LogP contribution >= 0.6 is 0 Å². The van der Waals surface area contributed by atoms with E-state index in [-0.39, 0.29) is 5.92 Å². The van der Waals surface area contributed by atoms with Crippen molar-refractivity contribution >= 4 is 5.97 Å². The molecule has 1 fully saturated rings. The smallest absolute Gasteiger partial charge is 0.326 e. The van der Waals surface area contributed by atoms with Crippen molar-refractivity contribution in [2.45, 2.75) is 52.1 Å². The molecule has 2 N–H and O–H groups in total. The molecule has 0 aliphatic heterocycles. The van der Waals surface area contributed by atoms with Crippen molar-refractivity contribution in [1.29, 1.82) is 0 Å². The van der Waals surface area contributed by atoms with Crippen LogP contribution in [0.4, 0.5) is 0 Å². The quantitative estimate of drug-likeness (QED) is 0.788. The Hall–Kier alpha value is -1.36. The van der Waals surface area contributed by atoms with Gasteiger partial charge in [-0.1, -0.05) is 6.92 Å². The number of nitrogens with one attached hydrogen (secondary N) is 1. The first-order valence-corrected chi connectivity index (χ1v) is 6.99. The van der Waals surface area contributed by atoms with Crippen molar-refractivity contribution in [2.24, 2.45) is 5.92 Å². The molecule has 1 saturated carbocycles. The second-order valence-electron chi connectivity index (χ2n) is 5.56. The highest BCUT2D eigenvalue weighted by atomic mass is 16.4. The molecule has 0 radical (unpaired) electrons. The van der Waals surface area contributed by atoms with Crippen LogP contribution in [-0.2, 0) is 11.3 Å². The van der Waals surface area contributed by atoms with Crippen molar-refractivity contribution in [3.8, 4) is 0 Å². The second kappa shape index (κ2) is 5.33. The average molecular weight is 265 g/mol. The fourth-order valence-electron chi connectivity index (χ4n) is 2.64. The number of rotatable bonds is 7. The van der Waals surface area contributed by atoms with Crippen LogP contribution in [0.2, 0.25) is 0 Å². The molecule has 0 amide bonds. The van der Waals surface area contributed by atoms with E-state index in [1.165, 1.54) is 0 Å². The Morgan fingerprint density at radius 2 is 2.26 bits per heavy atom. The van der Waals surface area contributed by atoms with Crippen LogP contribution in [-0.4, -0.2) is 32.9 Å². The number of aliphatic carboxylic acids is 1. The molecule has 0 saturated heterocycles. The number of aromatic nitrogens is 2. The van der Waals surface area contributed by atoms with Gasteiger partial charge < -0.3 is 10.4 Å². The van der Waals surface area contributed by atoms with Crippen molar-refractivity contribution in [3.63, 3.8) is 0 Å². The molecule has 1 atom stereocenters. The first-order valence-electron chi connectivity index (χ1n) is 6.99. The minimum Gasteiger partial charge on any atom is -0.480 e. The first kappa shape index (κ1) is 14.1. The van der Waals surface area contributed by atoms with E-state index in [2.05, 4.69) is 17.3 Å². The van der Waals surface area contributed by atoms with Crippen LogP contribution in [0.5, 0.6) is 0 Å². The summed E-state index contributed by atoms with van der Waals surface area (Å²) in [7, 11) is 0. The number of hydrogen-bond acceptors (Lipinski definition) is 3. The number of nitrogens with zero attached hydrogens (tertiary/aromatic N) is 2. The predicted molar refractivity (Wildman–Crippen MR) is 73.1 cm³/mol. The number of carboxylic acid groups (broad SMARTS) is 1. The van der Waals surface area contributed by atoms with Gasteiger partial charge in [-0.05, 0) is 51.6 Å². The van der Waals surface area contributed by atoms with Gasteiger partial charge in [0.15, 0.2) is 0 Å². The van der Waals surface area contributed by atoms with Crippen molar-refractivity contribution < 1.29 is 9.90 Å². The van der Waals surface area contributed by atoms with Crippen LogP contribution in [0.15, 0.2) is 6.07 Å². The number of carbonyl (C=O) groups is 1. The molecule has 0 bridgehead atoms. The molecular weight excluding hydrogens is 242 g/mol. The third kappa shape index (κ3) is 2.81. The molecule has 5 heteroatoms. The molecular formula is C14H23N3O2. The van der Waals surface area contributed by atoms with E-state index in [4.69, 9.17) is 0 Å². The number of aryl methyl sites for hydroxylation is 2. The lowest BCUT2D eigenvalue weighted by Crippen LogP contribution is -2.57. The van der Waals surface area contributed by atoms with Gasteiger partial charge in [0.25, 0.3) is 0 Å². The third-order valence-corrected chi connectivity index (χ3v) is 3.85. The van der Waals surface area contributed by atoms with Gasteiger partial charge in [0, 0.05) is 5.69 Å². The first-order chi connectivity index (χ1) is 8.99. The molecule has 0 aromatic carbocycles. The van der Waals surface area contributed by atoms with Crippen LogP contribution in [0, 0.1) is 19.8 Å². The van der Waals surface area contributed by atoms with Crippen LogP contribution < -0.4 is 5.32 Å². The number of carboxylic acids is 1. The molecule has 19 heavy (non-hydrogen) atoms. The Labute approximate surface area is 114 Å². The molecule has 1 aliphatic rings. The van der Waals surface area contributed by atoms with Crippen LogP contribution in [0.3, 0.4) is 0 Å². The zero-order valence-corrected chi connectivity index (χ0v) is 11.9. The average Bonchev–Trinajstić information content (AvgIpc) is 3.12. The SMILES string of the molecule is CCCNC(Cn1nc(C)cc1C)(C(=O)O)C1CC1. The Bertz CT molecular complexity index is 465. The largest absolute Gasteiger partial charge is 0.480 e. The topological polar surface area (TPSA) is 67.2 Å². The van der Waals surface area contributed by atoms with E-state index in [0.717, 1.165) is 37.2 Å². The highest BCUT2D eigenvalue weighted by Gasteiger charge is 2.51. The molecule has 1 heterocycles. The molecule has 1 aromatic heterocycles. The van der Waals surface area contributed by atoms with Crippen LogP contribution in [0.25, 0.3) is 0 Å². The lowest BCUT2D eigenvalue weighted by atomic mass is 9.92. The van der Waals surface area contributed by atoms with Gasteiger partial charge in [0.1, 0.15) is 5.54 Å². The maximum absolute atomic E-state index is 11.8. The maximum Gasteiger partial charge on any atom is 0.326 e. The summed E-state index contributed by atoms with van der Waals surface area (Å²) in [4.78, 5) is 11.8.